The van der Waals surface area contributed by atoms with E-state index < -0.39 is 0 Å². The van der Waals surface area contributed by atoms with Crippen LogP contribution in [0.5, 0.6) is 0 Å². The van der Waals surface area contributed by atoms with Crippen molar-refractivity contribution in [1.82, 2.24) is 10.2 Å². The molecule has 0 saturated carbocycles. The van der Waals surface area contributed by atoms with Gasteiger partial charge >= 0.3 is 0 Å². The molecule has 1 aromatic rings. The van der Waals surface area contributed by atoms with Crippen LogP contribution in [-0.4, -0.2) is 37.0 Å². The number of piperidine rings is 1. The van der Waals surface area contributed by atoms with Gasteiger partial charge in [-0.3, -0.25) is 4.79 Å². The first-order chi connectivity index (χ1) is 8.70. The second kappa shape index (κ2) is 6.01. The number of nitrogens with one attached hydrogen (secondary N) is 1. The molecule has 1 amide bonds. The van der Waals surface area contributed by atoms with Crippen LogP contribution in [0.4, 0.5) is 0 Å². The number of hydrogen-bond donors (Lipinski definition) is 1. The average molecular weight is 246 g/mol. The Balaban J connectivity index is 1.97. The van der Waals surface area contributed by atoms with E-state index in [1.807, 2.05) is 30.1 Å². The molecule has 0 spiro atoms. The number of carbonyl (C=O) groups is 1. The van der Waals surface area contributed by atoms with E-state index in [2.05, 4.69) is 18.3 Å². The van der Waals surface area contributed by atoms with E-state index in [4.69, 9.17) is 0 Å². The Morgan fingerprint density at radius 2 is 2.22 bits per heavy atom. The molecule has 0 unspecified atom stereocenters. The maximum Gasteiger partial charge on any atom is 0.227 e. The molecule has 98 valence electrons. The van der Waals surface area contributed by atoms with Crippen molar-refractivity contribution in [2.24, 2.45) is 0 Å². The highest BCUT2D eigenvalue weighted by atomic mass is 16.2. The molecule has 0 bridgehead atoms. The SMILES string of the molecule is CN[C@H]1CCCN(C(=O)Cc2ccccc2C)C1. The number of rotatable bonds is 3. The summed E-state index contributed by atoms with van der Waals surface area (Å²) in [6, 6.07) is 8.59. The largest absolute Gasteiger partial charge is 0.341 e. The van der Waals surface area contributed by atoms with Crippen LogP contribution in [0.15, 0.2) is 24.3 Å². The zero-order valence-corrected chi connectivity index (χ0v) is 11.3. The summed E-state index contributed by atoms with van der Waals surface area (Å²) >= 11 is 0. The van der Waals surface area contributed by atoms with E-state index >= 15 is 0 Å². The number of hydrogen-bond acceptors (Lipinski definition) is 2. The lowest BCUT2D eigenvalue weighted by Gasteiger charge is -2.32. The van der Waals surface area contributed by atoms with Gasteiger partial charge in [0.2, 0.25) is 5.91 Å². The van der Waals surface area contributed by atoms with Gasteiger partial charge in [0, 0.05) is 19.1 Å². The third kappa shape index (κ3) is 3.10. The van der Waals surface area contributed by atoms with E-state index in [0.717, 1.165) is 25.1 Å². The van der Waals surface area contributed by atoms with Crippen LogP contribution in [0, 0.1) is 6.92 Å². The first kappa shape index (κ1) is 13.1. The molecule has 18 heavy (non-hydrogen) atoms. The number of amides is 1. The number of benzene rings is 1. The van der Waals surface area contributed by atoms with E-state index in [9.17, 15) is 4.79 Å². The van der Waals surface area contributed by atoms with Crippen LogP contribution in [0.25, 0.3) is 0 Å². The zero-order valence-electron chi connectivity index (χ0n) is 11.3. The Hall–Kier alpha value is -1.35. The van der Waals surface area contributed by atoms with Crippen molar-refractivity contribution in [2.75, 3.05) is 20.1 Å². The van der Waals surface area contributed by atoms with E-state index in [1.165, 1.54) is 12.0 Å². The highest BCUT2D eigenvalue weighted by Gasteiger charge is 2.22. The van der Waals surface area contributed by atoms with Crippen LogP contribution >= 0.6 is 0 Å². The molecular weight excluding hydrogens is 224 g/mol. The molecule has 1 atom stereocenters. The highest BCUT2D eigenvalue weighted by molar-refractivity contribution is 5.79. The second-order valence-electron chi connectivity index (χ2n) is 5.07. The van der Waals surface area contributed by atoms with Gasteiger partial charge in [0.25, 0.3) is 0 Å². The minimum atomic E-state index is 0.254. The Morgan fingerprint density at radius 3 is 2.94 bits per heavy atom. The van der Waals surface area contributed by atoms with Crippen LogP contribution < -0.4 is 5.32 Å². The lowest BCUT2D eigenvalue weighted by Crippen LogP contribution is -2.47. The van der Waals surface area contributed by atoms with Gasteiger partial charge in [-0.25, -0.2) is 0 Å². The van der Waals surface area contributed by atoms with Gasteiger partial charge in [0.1, 0.15) is 0 Å². The topological polar surface area (TPSA) is 32.3 Å². The van der Waals surface area contributed by atoms with Crippen LogP contribution in [0.3, 0.4) is 0 Å². The summed E-state index contributed by atoms with van der Waals surface area (Å²) in [5, 5.41) is 3.27. The Kier molecular flexibility index (Phi) is 4.37. The Bertz CT molecular complexity index is 417. The Morgan fingerprint density at radius 1 is 1.44 bits per heavy atom. The first-order valence-corrected chi connectivity index (χ1v) is 6.70. The van der Waals surface area contributed by atoms with Gasteiger partial charge in [0.05, 0.1) is 6.42 Å². The predicted octanol–water partition coefficient (Wildman–Crippen LogP) is 1.75. The van der Waals surface area contributed by atoms with E-state index in [1.54, 1.807) is 0 Å². The van der Waals surface area contributed by atoms with Gasteiger partial charge in [-0.1, -0.05) is 24.3 Å². The van der Waals surface area contributed by atoms with Crippen LogP contribution in [0.2, 0.25) is 0 Å². The highest BCUT2D eigenvalue weighted by Crippen LogP contribution is 2.14. The Labute approximate surface area is 109 Å². The normalized spacial score (nSPS) is 19.9. The van der Waals surface area contributed by atoms with Crippen molar-refractivity contribution in [1.29, 1.82) is 0 Å². The molecular formula is C15H22N2O. The second-order valence-corrected chi connectivity index (χ2v) is 5.07. The molecule has 1 heterocycles. The third-order valence-electron chi connectivity index (χ3n) is 3.79. The quantitative estimate of drug-likeness (QED) is 0.881. The molecule has 0 radical (unpaired) electrons. The van der Waals surface area contributed by atoms with Crippen LogP contribution in [-0.2, 0) is 11.2 Å². The molecule has 1 aliphatic heterocycles. The summed E-state index contributed by atoms with van der Waals surface area (Å²) in [5.74, 6) is 0.254. The van der Waals surface area contributed by atoms with Crippen molar-refractivity contribution in [3.8, 4) is 0 Å². The molecule has 1 aromatic carbocycles. The number of aryl methyl sites for hydroxylation is 1. The molecule has 3 heteroatoms. The fourth-order valence-corrected chi connectivity index (χ4v) is 2.52. The molecule has 3 nitrogen and oxygen atoms in total. The number of nitrogens with zero attached hydrogens (tertiary/aromatic N) is 1. The van der Waals surface area contributed by atoms with Gasteiger partial charge in [0.15, 0.2) is 0 Å². The predicted molar refractivity (Wildman–Crippen MR) is 73.5 cm³/mol. The van der Waals surface area contributed by atoms with Gasteiger partial charge in [-0.2, -0.15) is 0 Å². The number of likely N-dealkylation sites (N-methyl/N-ethyl adjacent to an activating group) is 1. The zero-order chi connectivity index (χ0) is 13.0. The van der Waals surface area contributed by atoms with Gasteiger partial charge in [-0.05, 0) is 37.9 Å². The van der Waals surface area contributed by atoms with Gasteiger partial charge in [-0.15, -0.1) is 0 Å². The summed E-state index contributed by atoms with van der Waals surface area (Å²) in [4.78, 5) is 14.3. The third-order valence-corrected chi connectivity index (χ3v) is 3.79. The fraction of sp³-hybridized carbons (Fsp3) is 0.533. The molecule has 1 fully saturated rings. The van der Waals surface area contributed by atoms with Gasteiger partial charge < -0.3 is 10.2 Å². The lowest BCUT2D eigenvalue weighted by atomic mass is 10.0. The molecule has 1 saturated heterocycles. The van der Waals surface area contributed by atoms with Crippen molar-refractivity contribution in [2.45, 2.75) is 32.2 Å². The van der Waals surface area contributed by atoms with E-state index in [-0.39, 0.29) is 5.91 Å². The average Bonchev–Trinajstić information content (AvgIpc) is 2.41. The summed E-state index contributed by atoms with van der Waals surface area (Å²) in [6.07, 6.45) is 2.80. The molecule has 2 rings (SSSR count). The van der Waals surface area contributed by atoms with E-state index in [0.29, 0.717) is 12.5 Å². The number of likely N-dealkylation sites (tertiary alicyclic amines) is 1. The summed E-state index contributed by atoms with van der Waals surface area (Å²) in [6.45, 7) is 3.82. The molecule has 0 aliphatic carbocycles. The summed E-state index contributed by atoms with van der Waals surface area (Å²) in [5.41, 5.74) is 2.35. The smallest absolute Gasteiger partial charge is 0.227 e. The summed E-state index contributed by atoms with van der Waals surface area (Å²) in [7, 11) is 1.97. The number of carbonyl (C=O) groups excluding carboxylic acids is 1. The lowest BCUT2D eigenvalue weighted by molar-refractivity contribution is -0.131. The summed E-state index contributed by atoms with van der Waals surface area (Å²) < 4.78 is 0. The maximum atomic E-state index is 12.3. The van der Waals surface area contributed by atoms with Crippen molar-refractivity contribution in [3.05, 3.63) is 35.4 Å². The molecule has 1 N–H and O–H groups in total. The standard InChI is InChI=1S/C15H22N2O/c1-12-6-3-4-7-13(12)10-15(18)17-9-5-8-14(11-17)16-2/h3-4,6-7,14,16H,5,8-11H2,1-2H3/t14-/m0/s1. The minimum absolute atomic E-state index is 0.254. The first-order valence-electron chi connectivity index (χ1n) is 6.70. The molecule has 0 aromatic heterocycles. The molecule has 1 aliphatic rings. The van der Waals surface area contributed by atoms with Crippen molar-refractivity contribution >= 4 is 5.91 Å². The monoisotopic (exact) mass is 246 g/mol. The van der Waals surface area contributed by atoms with Crippen LogP contribution in [0.1, 0.15) is 24.0 Å². The minimum Gasteiger partial charge on any atom is -0.341 e. The van der Waals surface area contributed by atoms with Crippen molar-refractivity contribution in [3.63, 3.8) is 0 Å². The maximum absolute atomic E-state index is 12.3. The van der Waals surface area contributed by atoms with Crippen molar-refractivity contribution < 1.29 is 4.79 Å². The fourth-order valence-electron chi connectivity index (χ4n) is 2.52.